The Morgan fingerprint density at radius 1 is 1.36 bits per heavy atom. The van der Waals surface area contributed by atoms with E-state index in [9.17, 15) is 14.4 Å². The molecule has 0 aliphatic carbocycles. The number of hydrogen-bond acceptors (Lipinski definition) is 5. The lowest BCUT2D eigenvalue weighted by molar-refractivity contribution is -0.139. The molecule has 0 saturated carbocycles. The minimum absolute atomic E-state index is 0.230. The molecule has 0 bridgehead atoms. The van der Waals surface area contributed by atoms with E-state index in [1.165, 1.54) is 36.9 Å². The van der Waals surface area contributed by atoms with Crippen molar-refractivity contribution >= 4 is 40.9 Å². The van der Waals surface area contributed by atoms with Gasteiger partial charge < -0.3 is 21.5 Å². The van der Waals surface area contributed by atoms with Crippen LogP contribution in [-0.4, -0.2) is 40.9 Å². The Labute approximate surface area is 132 Å². The van der Waals surface area contributed by atoms with Crippen LogP contribution in [-0.2, 0) is 9.59 Å². The first kappa shape index (κ1) is 17.8. The highest BCUT2D eigenvalue weighted by Gasteiger charge is 2.20. The van der Waals surface area contributed by atoms with E-state index in [2.05, 4.69) is 10.6 Å². The van der Waals surface area contributed by atoms with Crippen LogP contribution < -0.4 is 16.4 Å². The van der Waals surface area contributed by atoms with Gasteiger partial charge in [-0.1, -0.05) is 0 Å². The summed E-state index contributed by atoms with van der Waals surface area (Å²) in [5, 5.41) is 14.1. The summed E-state index contributed by atoms with van der Waals surface area (Å²) in [6, 6.07) is 3.42. The van der Waals surface area contributed by atoms with Crippen molar-refractivity contribution in [1.29, 1.82) is 0 Å². The summed E-state index contributed by atoms with van der Waals surface area (Å²) in [5.41, 5.74) is 6.58. The Bertz CT molecular complexity index is 577. The largest absolute Gasteiger partial charge is 0.480 e. The summed E-state index contributed by atoms with van der Waals surface area (Å²) in [5.74, 6) is -1.30. The molecule has 5 N–H and O–H groups in total. The van der Waals surface area contributed by atoms with Crippen molar-refractivity contribution in [3.63, 3.8) is 0 Å². The second-order valence-electron chi connectivity index (χ2n) is 4.63. The van der Waals surface area contributed by atoms with Gasteiger partial charge in [-0.3, -0.25) is 9.59 Å². The van der Waals surface area contributed by atoms with Gasteiger partial charge in [0.15, 0.2) is 0 Å². The Kier molecular flexibility index (Phi) is 6.71. The van der Waals surface area contributed by atoms with Crippen molar-refractivity contribution in [3.05, 3.63) is 23.8 Å². The summed E-state index contributed by atoms with van der Waals surface area (Å²) in [4.78, 5) is 34.4. The molecular formula is C14H19N3O4S. The zero-order chi connectivity index (χ0) is 16.7. The van der Waals surface area contributed by atoms with E-state index in [1.807, 2.05) is 6.26 Å². The third-order valence-corrected chi connectivity index (χ3v) is 3.48. The maximum absolute atomic E-state index is 12.1. The molecule has 1 atom stereocenters. The average molecular weight is 325 g/mol. The Hall–Kier alpha value is -2.22. The highest BCUT2D eigenvalue weighted by molar-refractivity contribution is 7.98. The number of aliphatic carboxylic acids is 1. The molecule has 0 radical (unpaired) electrons. The molecule has 0 aliphatic heterocycles. The highest BCUT2D eigenvalue weighted by Crippen LogP contribution is 2.20. The van der Waals surface area contributed by atoms with Gasteiger partial charge in [0.2, 0.25) is 5.91 Å². The quantitative estimate of drug-likeness (QED) is 0.558. The van der Waals surface area contributed by atoms with Gasteiger partial charge in [0, 0.05) is 12.5 Å². The molecule has 8 heteroatoms. The molecule has 7 nitrogen and oxygen atoms in total. The Balaban J connectivity index is 2.87. The molecule has 22 heavy (non-hydrogen) atoms. The van der Waals surface area contributed by atoms with Crippen molar-refractivity contribution in [3.8, 4) is 0 Å². The smallest absolute Gasteiger partial charge is 0.326 e. The number of anilines is 2. The standard InChI is InChI=1S/C14H19N3O4S/c1-8(18)16-12-7-9(3-4-10(12)15)13(19)17-11(14(20)21)5-6-22-2/h3-4,7,11H,5-6,15H2,1-2H3,(H,16,18)(H,17,19)(H,20,21). The molecule has 0 fully saturated rings. The number of benzene rings is 1. The number of carbonyl (C=O) groups is 3. The molecule has 1 aromatic rings. The van der Waals surface area contributed by atoms with E-state index in [1.54, 1.807) is 0 Å². The predicted molar refractivity (Wildman–Crippen MR) is 87.0 cm³/mol. The number of rotatable bonds is 7. The van der Waals surface area contributed by atoms with Crippen LogP contribution in [0.2, 0.25) is 0 Å². The minimum Gasteiger partial charge on any atom is -0.480 e. The second kappa shape index (κ2) is 8.28. The number of carboxylic acid groups (broad SMARTS) is 1. The SMILES string of the molecule is CSCCC(NC(=O)c1ccc(N)c(NC(C)=O)c1)C(=O)O. The van der Waals surface area contributed by atoms with Crippen LogP contribution >= 0.6 is 11.8 Å². The molecule has 1 rings (SSSR count). The molecule has 1 unspecified atom stereocenters. The fraction of sp³-hybridized carbons (Fsp3) is 0.357. The first-order valence-electron chi connectivity index (χ1n) is 6.55. The van der Waals surface area contributed by atoms with Crippen molar-refractivity contribution in [2.24, 2.45) is 0 Å². The molecular weight excluding hydrogens is 306 g/mol. The maximum Gasteiger partial charge on any atom is 0.326 e. The van der Waals surface area contributed by atoms with Gasteiger partial charge in [-0.2, -0.15) is 11.8 Å². The fourth-order valence-corrected chi connectivity index (χ4v) is 2.20. The lowest BCUT2D eigenvalue weighted by Gasteiger charge is -2.15. The van der Waals surface area contributed by atoms with Crippen molar-refractivity contribution < 1.29 is 19.5 Å². The van der Waals surface area contributed by atoms with Gasteiger partial charge >= 0.3 is 5.97 Å². The zero-order valence-corrected chi connectivity index (χ0v) is 13.2. The van der Waals surface area contributed by atoms with Gasteiger partial charge in [-0.15, -0.1) is 0 Å². The van der Waals surface area contributed by atoms with Crippen LogP contribution in [0, 0.1) is 0 Å². The number of thioether (sulfide) groups is 1. The maximum atomic E-state index is 12.1. The lowest BCUT2D eigenvalue weighted by atomic mass is 10.1. The summed E-state index contributed by atoms with van der Waals surface area (Å²) in [7, 11) is 0. The predicted octanol–water partition coefficient (Wildman–Crippen LogP) is 1.16. The Morgan fingerprint density at radius 2 is 2.05 bits per heavy atom. The topological polar surface area (TPSA) is 122 Å². The molecule has 0 spiro atoms. The number of carboxylic acids is 1. The number of nitrogens with two attached hydrogens (primary N) is 1. The number of carbonyl (C=O) groups excluding carboxylic acids is 2. The third-order valence-electron chi connectivity index (χ3n) is 2.84. The summed E-state index contributed by atoms with van der Waals surface area (Å²) >= 11 is 1.50. The van der Waals surface area contributed by atoms with Crippen LogP contribution in [0.3, 0.4) is 0 Å². The van der Waals surface area contributed by atoms with E-state index < -0.39 is 17.9 Å². The summed E-state index contributed by atoms with van der Waals surface area (Å²) in [6.45, 7) is 1.33. The zero-order valence-electron chi connectivity index (χ0n) is 12.4. The van der Waals surface area contributed by atoms with E-state index >= 15 is 0 Å². The number of nitrogen functional groups attached to an aromatic ring is 1. The number of hydrogen-bond donors (Lipinski definition) is 4. The van der Waals surface area contributed by atoms with Gasteiger partial charge in [0.1, 0.15) is 6.04 Å². The first-order chi connectivity index (χ1) is 10.3. The first-order valence-corrected chi connectivity index (χ1v) is 7.94. The summed E-state index contributed by atoms with van der Waals surface area (Å²) < 4.78 is 0. The van der Waals surface area contributed by atoms with Crippen molar-refractivity contribution in [2.45, 2.75) is 19.4 Å². The van der Waals surface area contributed by atoms with E-state index in [0.717, 1.165) is 0 Å². The molecule has 0 saturated heterocycles. The second-order valence-corrected chi connectivity index (χ2v) is 5.61. The van der Waals surface area contributed by atoms with Gasteiger partial charge in [0.25, 0.3) is 5.91 Å². The monoisotopic (exact) mass is 325 g/mol. The number of amides is 2. The van der Waals surface area contributed by atoms with Crippen LogP contribution in [0.25, 0.3) is 0 Å². The van der Waals surface area contributed by atoms with E-state index in [4.69, 9.17) is 10.8 Å². The van der Waals surface area contributed by atoms with E-state index in [0.29, 0.717) is 23.5 Å². The highest BCUT2D eigenvalue weighted by atomic mass is 32.2. The fourth-order valence-electron chi connectivity index (χ4n) is 1.73. The molecule has 1 aromatic carbocycles. The minimum atomic E-state index is -1.08. The molecule has 0 heterocycles. The molecule has 0 aromatic heterocycles. The number of nitrogens with one attached hydrogen (secondary N) is 2. The molecule has 2 amide bonds. The van der Waals surface area contributed by atoms with Crippen LogP contribution in [0.5, 0.6) is 0 Å². The van der Waals surface area contributed by atoms with Crippen molar-refractivity contribution in [1.82, 2.24) is 5.32 Å². The van der Waals surface area contributed by atoms with Crippen molar-refractivity contribution in [2.75, 3.05) is 23.1 Å². The van der Waals surface area contributed by atoms with Gasteiger partial charge in [-0.05, 0) is 36.6 Å². The molecule has 120 valence electrons. The van der Waals surface area contributed by atoms with Crippen LogP contribution in [0.15, 0.2) is 18.2 Å². The lowest BCUT2D eigenvalue weighted by Crippen LogP contribution is -2.41. The average Bonchev–Trinajstić information content (AvgIpc) is 2.44. The van der Waals surface area contributed by atoms with Gasteiger partial charge in [-0.25, -0.2) is 4.79 Å². The van der Waals surface area contributed by atoms with Crippen LogP contribution in [0.1, 0.15) is 23.7 Å². The van der Waals surface area contributed by atoms with Gasteiger partial charge in [0.05, 0.1) is 11.4 Å². The Morgan fingerprint density at radius 3 is 2.59 bits per heavy atom. The van der Waals surface area contributed by atoms with E-state index in [-0.39, 0.29) is 11.5 Å². The normalized spacial score (nSPS) is 11.5. The third kappa shape index (κ3) is 5.28. The molecule has 0 aliphatic rings. The summed E-state index contributed by atoms with van der Waals surface area (Å²) in [6.07, 6.45) is 2.19. The van der Waals surface area contributed by atoms with Crippen LogP contribution in [0.4, 0.5) is 11.4 Å².